The van der Waals surface area contributed by atoms with Crippen LogP contribution < -0.4 is 19.5 Å². The normalized spacial score (nSPS) is 10.1. The third-order valence-corrected chi connectivity index (χ3v) is 3.82. The molecule has 1 N–H and O–H groups in total. The van der Waals surface area contributed by atoms with Crippen LogP contribution in [0.15, 0.2) is 78.9 Å². The Bertz CT molecular complexity index is 846. The Kier molecular flexibility index (Phi) is 6.30. The van der Waals surface area contributed by atoms with E-state index in [0.717, 1.165) is 17.1 Å². The van der Waals surface area contributed by atoms with Gasteiger partial charge in [0, 0.05) is 5.69 Å². The van der Waals surface area contributed by atoms with E-state index in [0.29, 0.717) is 18.0 Å². The molecule has 3 rings (SSSR count). The Morgan fingerprint density at radius 3 is 2.04 bits per heavy atom. The van der Waals surface area contributed by atoms with Crippen LogP contribution in [0.25, 0.3) is 0 Å². The second-order valence-corrected chi connectivity index (χ2v) is 5.81. The van der Waals surface area contributed by atoms with Crippen molar-refractivity contribution < 1.29 is 19.0 Å². The van der Waals surface area contributed by atoms with Crippen molar-refractivity contribution in [1.82, 2.24) is 0 Å². The predicted octanol–water partition coefficient (Wildman–Crippen LogP) is 4.29. The first-order valence-corrected chi connectivity index (χ1v) is 8.56. The molecule has 0 aliphatic heterocycles. The minimum atomic E-state index is -0.233. The van der Waals surface area contributed by atoms with Crippen molar-refractivity contribution >= 4 is 11.6 Å². The molecule has 0 aliphatic carbocycles. The second kappa shape index (κ2) is 9.29. The molecule has 0 spiro atoms. The van der Waals surface area contributed by atoms with Gasteiger partial charge in [0.1, 0.15) is 23.9 Å². The van der Waals surface area contributed by atoms with Gasteiger partial charge in [0.2, 0.25) is 0 Å². The highest BCUT2D eigenvalue weighted by Gasteiger charge is 2.05. The van der Waals surface area contributed by atoms with Crippen LogP contribution in [0.2, 0.25) is 0 Å². The van der Waals surface area contributed by atoms with Gasteiger partial charge in [-0.05, 0) is 54.1 Å². The zero-order chi connectivity index (χ0) is 18.9. The van der Waals surface area contributed by atoms with E-state index < -0.39 is 0 Å². The fourth-order valence-corrected chi connectivity index (χ4v) is 2.39. The molecule has 3 aromatic carbocycles. The third-order valence-electron chi connectivity index (χ3n) is 3.82. The number of nitrogens with one attached hydrogen (secondary N) is 1. The smallest absolute Gasteiger partial charge is 0.262 e. The molecule has 0 heterocycles. The molecule has 27 heavy (non-hydrogen) atoms. The lowest BCUT2D eigenvalue weighted by atomic mass is 10.2. The summed E-state index contributed by atoms with van der Waals surface area (Å²) in [6.07, 6.45) is 0. The number of methoxy groups -OCH3 is 1. The molecule has 0 unspecified atom stereocenters. The SMILES string of the molecule is COc1ccc(OCC(=O)Nc2ccc(OCc3ccccc3)cc2)cc1. The number of ether oxygens (including phenoxy) is 3. The Hall–Kier alpha value is -3.47. The molecule has 1 amide bonds. The van der Waals surface area contributed by atoms with Gasteiger partial charge in [0.25, 0.3) is 5.91 Å². The van der Waals surface area contributed by atoms with Crippen molar-refractivity contribution in [3.8, 4) is 17.2 Å². The van der Waals surface area contributed by atoms with Gasteiger partial charge in [0.15, 0.2) is 6.61 Å². The van der Waals surface area contributed by atoms with Gasteiger partial charge in [-0.15, -0.1) is 0 Å². The molecular formula is C22H21NO4. The number of hydrogen-bond acceptors (Lipinski definition) is 4. The van der Waals surface area contributed by atoms with Crippen LogP contribution in [-0.2, 0) is 11.4 Å². The average molecular weight is 363 g/mol. The zero-order valence-corrected chi connectivity index (χ0v) is 15.1. The molecule has 138 valence electrons. The Balaban J connectivity index is 1.45. The Labute approximate surface area is 158 Å². The maximum atomic E-state index is 12.0. The van der Waals surface area contributed by atoms with E-state index in [1.54, 1.807) is 43.5 Å². The van der Waals surface area contributed by atoms with E-state index >= 15 is 0 Å². The summed E-state index contributed by atoms with van der Waals surface area (Å²) in [6, 6.07) is 24.3. The maximum Gasteiger partial charge on any atom is 0.262 e. The third kappa shape index (κ3) is 5.78. The highest BCUT2D eigenvalue weighted by Crippen LogP contribution is 2.18. The van der Waals surface area contributed by atoms with Crippen LogP contribution >= 0.6 is 0 Å². The first-order valence-electron chi connectivity index (χ1n) is 8.56. The fraction of sp³-hybridized carbons (Fsp3) is 0.136. The van der Waals surface area contributed by atoms with E-state index in [1.807, 2.05) is 42.5 Å². The molecule has 0 aromatic heterocycles. The molecule has 3 aromatic rings. The lowest BCUT2D eigenvalue weighted by molar-refractivity contribution is -0.118. The quantitative estimate of drug-likeness (QED) is 0.649. The van der Waals surface area contributed by atoms with Crippen molar-refractivity contribution in [3.63, 3.8) is 0 Å². The van der Waals surface area contributed by atoms with Gasteiger partial charge >= 0.3 is 0 Å². The Morgan fingerprint density at radius 1 is 0.778 bits per heavy atom. The summed E-state index contributed by atoms with van der Waals surface area (Å²) in [6.45, 7) is 0.431. The first kappa shape index (κ1) is 18.3. The van der Waals surface area contributed by atoms with Crippen molar-refractivity contribution in [2.45, 2.75) is 6.61 Å². The van der Waals surface area contributed by atoms with Crippen molar-refractivity contribution in [1.29, 1.82) is 0 Å². The van der Waals surface area contributed by atoms with Crippen molar-refractivity contribution in [2.75, 3.05) is 19.0 Å². The highest BCUT2D eigenvalue weighted by atomic mass is 16.5. The minimum absolute atomic E-state index is 0.0708. The van der Waals surface area contributed by atoms with Gasteiger partial charge in [-0.25, -0.2) is 0 Å². The molecule has 0 radical (unpaired) electrons. The number of anilines is 1. The van der Waals surface area contributed by atoms with Crippen LogP contribution in [0.3, 0.4) is 0 Å². The predicted molar refractivity (Wildman–Crippen MR) is 104 cm³/mol. The topological polar surface area (TPSA) is 56.8 Å². The maximum absolute atomic E-state index is 12.0. The van der Waals surface area contributed by atoms with E-state index in [4.69, 9.17) is 14.2 Å². The highest BCUT2D eigenvalue weighted by molar-refractivity contribution is 5.91. The number of rotatable bonds is 8. The molecule has 0 saturated carbocycles. The molecular weight excluding hydrogens is 342 g/mol. The zero-order valence-electron chi connectivity index (χ0n) is 15.1. The summed E-state index contributed by atoms with van der Waals surface area (Å²) >= 11 is 0. The lowest BCUT2D eigenvalue weighted by Gasteiger charge is -2.09. The number of carbonyl (C=O) groups excluding carboxylic acids is 1. The van der Waals surface area contributed by atoms with Crippen molar-refractivity contribution in [3.05, 3.63) is 84.4 Å². The molecule has 0 saturated heterocycles. The van der Waals surface area contributed by atoms with Gasteiger partial charge in [-0.3, -0.25) is 4.79 Å². The summed E-state index contributed by atoms with van der Waals surface area (Å²) in [5.74, 6) is 1.85. The van der Waals surface area contributed by atoms with Gasteiger partial charge in [-0.1, -0.05) is 30.3 Å². The second-order valence-electron chi connectivity index (χ2n) is 5.81. The number of amides is 1. The van der Waals surface area contributed by atoms with Crippen LogP contribution in [-0.4, -0.2) is 19.6 Å². The molecule has 0 fully saturated rings. The van der Waals surface area contributed by atoms with E-state index in [9.17, 15) is 4.79 Å². The molecule has 0 bridgehead atoms. The number of benzene rings is 3. The lowest BCUT2D eigenvalue weighted by Crippen LogP contribution is -2.20. The van der Waals surface area contributed by atoms with Gasteiger partial charge < -0.3 is 19.5 Å². The van der Waals surface area contributed by atoms with Crippen LogP contribution in [0.1, 0.15) is 5.56 Å². The van der Waals surface area contributed by atoms with Crippen LogP contribution in [0.4, 0.5) is 5.69 Å². The van der Waals surface area contributed by atoms with Gasteiger partial charge in [-0.2, -0.15) is 0 Å². The van der Waals surface area contributed by atoms with E-state index in [1.165, 1.54) is 0 Å². The molecule has 5 heteroatoms. The standard InChI is InChI=1S/C22H21NO4/c1-25-19-11-13-21(14-12-19)27-16-22(24)23-18-7-9-20(10-8-18)26-15-17-5-3-2-4-6-17/h2-14H,15-16H2,1H3,(H,23,24). The van der Waals surface area contributed by atoms with E-state index in [-0.39, 0.29) is 12.5 Å². The summed E-state index contributed by atoms with van der Waals surface area (Å²) in [5, 5.41) is 2.79. The minimum Gasteiger partial charge on any atom is -0.497 e. The largest absolute Gasteiger partial charge is 0.497 e. The number of carbonyl (C=O) groups is 1. The van der Waals surface area contributed by atoms with Crippen LogP contribution in [0, 0.1) is 0 Å². The van der Waals surface area contributed by atoms with Crippen LogP contribution in [0.5, 0.6) is 17.2 Å². The summed E-state index contributed by atoms with van der Waals surface area (Å²) in [4.78, 5) is 12.0. The summed E-state index contributed by atoms with van der Waals surface area (Å²) < 4.78 is 16.3. The molecule has 0 atom stereocenters. The van der Waals surface area contributed by atoms with E-state index in [2.05, 4.69) is 5.32 Å². The summed E-state index contributed by atoms with van der Waals surface area (Å²) in [7, 11) is 1.60. The van der Waals surface area contributed by atoms with Crippen molar-refractivity contribution in [2.24, 2.45) is 0 Å². The monoisotopic (exact) mass is 363 g/mol. The molecule has 0 aliphatic rings. The first-order chi connectivity index (χ1) is 13.2. The molecule has 5 nitrogen and oxygen atoms in total. The average Bonchev–Trinajstić information content (AvgIpc) is 2.73. The Morgan fingerprint density at radius 2 is 1.37 bits per heavy atom. The fourth-order valence-electron chi connectivity index (χ4n) is 2.39. The number of hydrogen-bond donors (Lipinski definition) is 1. The summed E-state index contributed by atoms with van der Waals surface area (Å²) in [5.41, 5.74) is 1.79. The van der Waals surface area contributed by atoms with Gasteiger partial charge in [0.05, 0.1) is 7.11 Å².